The fourth-order valence-electron chi connectivity index (χ4n) is 3.00. The summed E-state index contributed by atoms with van der Waals surface area (Å²) in [5.74, 6) is -0.168. The molecule has 0 radical (unpaired) electrons. The molecule has 2 aliphatic rings. The summed E-state index contributed by atoms with van der Waals surface area (Å²) >= 11 is 0. The minimum atomic E-state index is -0.551. The van der Waals surface area contributed by atoms with Gasteiger partial charge in [0.25, 0.3) is 0 Å². The number of rotatable bonds is 7. The third-order valence-electron chi connectivity index (χ3n) is 4.81. The van der Waals surface area contributed by atoms with Crippen molar-refractivity contribution in [1.82, 2.24) is 15.1 Å². The maximum atomic E-state index is 11.8. The summed E-state index contributed by atoms with van der Waals surface area (Å²) in [6.45, 7) is 7.77. The maximum Gasteiger partial charge on any atom is 0.325 e. The molecule has 1 N–H and O–H groups in total. The number of ether oxygens (including phenoxy) is 1. The second-order valence-corrected chi connectivity index (χ2v) is 6.29. The van der Waals surface area contributed by atoms with Crippen LogP contribution in [0.1, 0.15) is 32.6 Å². The van der Waals surface area contributed by atoms with E-state index in [0.29, 0.717) is 0 Å². The molecule has 1 saturated heterocycles. The molecule has 2 fully saturated rings. The lowest BCUT2D eigenvalue weighted by molar-refractivity contribution is -0.148. The first-order valence-corrected chi connectivity index (χ1v) is 7.83. The van der Waals surface area contributed by atoms with Gasteiger partial charge in [-0.3, -0.25) is 9.69 Å². The van der Waals surface area contributed by atoms with Gasteiger partial charge in [0, 0.05) is 32.2 Å². The molecule has 1 saturated carbocycles. The highest BCUT2D eigenvalue weighted by molar-refractivity contribution is 5.80. The largest absolute Gasteiger partial charge is 0.468 e. The van der Waals surface area contributed by atoms with Crippen molar-refractivity contribution in [3.63, 3.8) is 0 Å². The summed E-state index contributed by atoms with van der Waals surface area (Å²) in [4.78, 5) is 16.9. The van der Waals surface area contributed by atoms with E-state index in [0.717, 1.165) is 25.4 Å². The molecular weight excluding hydrogens is 254 g/mol. The van der Waals surface area contributed by atoms with Gasteiger partial charge in [0.2, 0.25) is 0 Å². The van der Waals surface area contributed by atoms with Crippen molar-refractivity contribution >= 4 is 5.97 Å². The van der Waals surface area contributed by atoms with Gasteiger partial charge in [0.05, 0.1) is 7.11 Å². The molecule has 116 valence electrons. The fourth-order valence-corrected chi connectivity index (χ4v) is 3.00. The van der Waals surface area contributed by atoms with E-state index in [1.165, 1.54) is 46.1 Å². The molecule has 2 rings (SSSR count). The Morgan fingerprint density at radius 2 is 1.95 bits per heavy atom. The molecule has 1 aliphatic heterocycles. The summed E-state index contributed by atoms with van der Waals surface area (Å²) in [6, 6.07) is 0.893. The van der Waals surface area contributed by atoms with Gasteiger partial charge in [-0.15, -0.1) is 0 Å². The zero-order valence-electron chi connectivity index (χ0n) is 13.2. The van der Waals surface area contributed by atoms with E-state index in [4.69, 9.17) is 4.74 Å². The predicted molar refractivity (Wildman–Crippen MR) is 79.7 cm³/mol. The van der Waals surface area contributed by atoms with Gasteiger partial charge in [-0.1, -0.05) is 0 Å². The summed E-state index contributed by atoms with van der Waals surface area (Å²) in [5, 5.41) is 3.10. The number of carbonyl (C=O) groups is 1. The molecule has 1 heterocycles. The van der Waals surface area contributed by atoms with E-state index >= 15 is 0 Å². The molecule has 0 amide bonds. The number of hydrogen-bond acceptors (Lipinski definition) is 5. The molecule has 1 aliphatic carbocycles. The second-order valence-electron chi connectivity index (χ2n) is 6.29. The quantitative estimate of drug-likeness (QED) is 0.697. The zero-order valence-corrected chi connectivity index (χ0v) is 13.2. The maximum absolute atomic E-state index is 11.8. The highest BCUT2D eigenvalue weighted by Gasteiger charge is 2.33. The van der Waals surface area contributed by atoms with E-state index in [9.17, 15) is 4.79 Å². The van der Waals surface area contributed by atoms with Crippen LogP contribution in [-0.4, -0.2) is 74.2 Å². The lowest BCUT2D eigenvalue weighted by Crippen LogP contribution is -2.50. The predicted octanol–water partition coefficient (Wildman–Crippen LogP) is 0.698. The van der Waals surface area contributed by atoms with Crippen molar-refractivity contribution in [1.29, 1.82) is 0 Å². The van der Waals surface area contributed by atoms with Gasteiger partial charge >= 0.3 is 5.97 Å². The van der Waals surface area contributed by atoms with Crippen LogP contribution in [0.2, 0.25) is 0 Å². The van der Waals surface area contributed by atoms with Crippen LogP contribution in [0, 0.1) is 0 Å². The second kappa shape index (κ2) is 6.87. The third kappa shape index (κ3) is 3.93. The van der Waals surface area contributed by atoms with E-state index in [2.05, 4.69) is 15.1 Å². The van der Waals surface area contributed by atoms with Gasteiger partial charge in [-0.05, 0) is 46.2 Å². The van der Waals surface area contributed by atoms with Crippen LogP contribution in [0.3, 0.4) is 0 Å². The Morgan fingerprint density at radius 3 is 2.45 bits per heavy atom. The van der Waals surface area contributed by atoms with Crippen LogP contribution in [0.25, 0.3) is 0 Å². The van der Waals surface area contributed by atoms with Gasteiger partial charge in [0.15, 0.2) is 0 Å². The first-order chi connectivity index (χ1) is 9.59. The molecule has 0 aromatic rings. The molecule has 0 aromatic heterocycles. The average molecular weight is 283 g/mol. The number of nitrogens with one attached hydrogen (secondary N) is 1. The number of methoxy groups -OCH3 is 1. The molecule has 5 heteroatoms. The minimum absolute atomic E-state index is 0.168. The van der Waals surface area contributed by atoms with Crippen LogP contribution in [0.4, 0.5) is 0 Å². The Hall–Kier alpha value is -0.650. The van der Waals surface area contributed by atoms with Gasteiger partial charge < -0.3 is 15.0 Å². The van der Waals surface area contributed by atoms with E-state index in [1.54, 1.807) is 0 Å². The van der Waals surface area contributed by atoms with Crippen LogP contribution in [0.15, 0.2) is 0 Å². The standard InChI is InChI=1S/C15H29N3O2/c1-15(16-2,14(19)20-3)7-4-8-17-9-11-18(12-10-17)13-5-6-13/h13,16H,4-12H2,1-3H3. The van der Waals surface area contributed by atoms with Crippen LogP contribution < -0.4 is 5.32 Å². The number of esters is 1. The van der Waals surface area contributed by atoms with Crippen molar-refractivity contribution < 1.29 is 9.53 Å². The number of carbonyl (C=O) groups excluding carboxylic acids is 1. The lowest BCUT2D eigenvalue weighted by Gasteiger charge is -2.35. The molecule has 1 unspecified atom stereocenters. The SMILES string of the molecule is CNC(C)(CCCN1CCN(C2CC2)CC1)C(=O)OC. The van der Waals surface area contributed by atoms with Crippen LogP contribution >= 0.6 is 0 Å². The van der Waals surface area contributed by atoms with E-state index in [1.807, 2.05) is 14.0 Å². The number of hydrogen-bond donors (Lipinski definition) is 1. The van der Waals surface area contributed by atoms with Crippen molar-refractivity contribution in [3.8, 4) is 0 Å². The van der Waals surface area contributed by atoms with Gasteiger partial charge in [0.1, 0.15) is 5.54 Å². The topological polar surface area (TPSA) is 44.8 Å². The molecular formula is C15H29N3O2. The number of piperazine rings is 1. The highest BCUT2D eigenvalue weighted by atomic mass is 16.5. The summed E-state index contributed by atoms with van der Waals surface area (Å²) < 4.78 is 4.87. The summed E-state index contributed by atoms with van der Waals surface area (Å²) in [6.07, 6.45) is 4.65. The Bertz CT molecular complexity index is 325. The Balaban J connectivity index is 1.66. The smallest absolute Gasteiger partial charge is 0.325 e. The zero-order chi connectivity index (χ0) is 14.6. The molecule has 5 nitrogen and oxygen atoms in total. The molecule has 0 bridgehead atoms. The first-order valence-electron chi connectivity index (χ1n) is 7.83. The molecule has 1 atom stereocenters. The minimum Gasteiger partial charge on any atom is -0.468 e. The van der Waals surface area contributed by atoms with Crippen molar-refractivity contribution in [2.24, 2.45) is 0 Å². The van der Waals surface area contributed by atoms with E-state index < -0.39 is 5.54 Å². The number of nitrogens with zero attached hydrogens (tertiary/aromatic N) is 2. The van der Waals surface area contributed by atoms with E-state index in [-0.39, 0.29) is 5.97 Å². The van der Waals surface area contributed by atoms with Gasteiger partial charge in [-0.25, -0.2) is 0 Å². The highest BCUT2D eigenvalue weighted by Crippen LogP contribution is 2.27. The fraction of sp³-hybridized carbons (Fsp3) is 0.933. The van der Waals surface area contributed by atoms with Crippen molar-refractivity contribution in [2.75, 3.05) is 46.9 Å². The van der Waals surface area contributed by atoms with Gasteiger partial charge in [-0.2, -0.15) is 0 Å². The Morgan fingerprint density at radius 1 is 1.30 bits per heavy atom. The normalized spacial score (nSPS) is 24.4. The summed E-state index contributed by atoms with van der Waals surface area (Å²) in [5.41, 5.74) is -0.551. The molecule has 0 aromatic carbocycles. The monoisotopic (exact) mass is 283 g/mol. The third-order valence-corrected chi connectivity index (χ3v) is 4.81. The molecule has 0 spiro atoms. The Labute approximate surface area is 122 Å². The van der Waals surface area contributed by atoms with Crippen LogP contribution in [-0.2, 0) is 9.53 Å². The molecule has 20 heavy (non-hydrogen) atoms. The average Bonchev–Trinajstić information content (AvgIpc) is 3.31. The van der Waals surface area contributed by atoms with Crippen molar-refractivity contribution in [2.45, 2.75) is 44.2 Å². The summed E-state index contributed by atoms with van der Waals surface area (Å²) in [7, 11) is 3.28. The Kier molecular flexibility index (Phi) is 5.41. The number of likely N-dealkylation sites (N-methyl/N-ethyl adjacent to an activating group) is 1. The first kappa shape index (κ1) is 15.7. The van der Waals surface area contributed by atoms with Crippen LogP contribution in [0.5, 0.6) is 0 Å². The lowest BCUT2D eigenvalue weighted by atomic mass is 9.96. The van der Waals surface area contributed by atoms with Crippen molar-refractivity contribution in [3.05, 3.63) is 0 Å².